The molecule has 1 fully saturated rings. The molecule has 0 saturated carbocycles. The molecule has 0 bridgehead atoms. The molecule has 2 N–H and O–H groups in total. The number of nitrogens with zero attached hydrogens (tertiary/aromatic N) is 4. The molecule has 1 amide bonds. The van der Waals surface area contributed by atoms with E-state index in [1.54, 1.807) is 14.2 Å². The van der Waals surface area contributed by atoms with Gasteiger partial charge in [0, 0.05) is 58.9 Å². The Morgan fingerprint density at radius 2 is 2.00 bits per heavy atom. The van der Waals surface area contributed by atoms with Crippen LogP contribution in [0.1, 0.15) is 44.1 Å². The van der Waals surface area contributed by atoms with E-state index < -0.39 is 0 Å². The van der Waals surface area contributed by atoms with Gasteiger partial charge in [-0.05, 0) is 12.8 Å². The van der Waals surface area contributed by atoms with Crippen LogP contribution in [0, 0.1) is 0 Å². The zero-order chi connectivity index (χ0) is 21.1. The van der Waals surface area contributed by atoms with Crippen LogP contribution in [0.4, 0.5) is 0 Å². The maximum Gasteiger partial charge on any atom is 0.234 e. The van der Waals surface area contributed by atoms with Gasteiger partial charge in [-0.1, -0.05) is 19.0 Å². The highest BCUT2D eigenvalue weighted by Gasteiger charge is 2.21. The number of rotatable bonds is 10. The first kappa shape index (κ1) is 23.2. The summed E-state index contributed by atoms with van der Waals surface area (Å²) in [4.78, 5) is 20.7. The lowest BCUT2D eigenvalue weighted by Crippen LogP contribution is -2.54. The van der Waals surface area contributed by atoms with Crippen molar-refractivity contribution in [3.8, 4) is 0 Å². The quantitative estimate of drug-likeness (QED) is 0.339. The van der Waals surface area contributed by atoms with Gasteiger partial charge in [0.2, 0.25) is 5.91 Å². The number of piperazine rings is 1. The standard InChI is InChI=1S/C20H36N6O3/c1-5-16(6-2)18-13-17(29-24-18)14-23-20(21-3)26-10-8-25(9-11-26)15-19(27)22-7-12-28-4/h13,16H,5-12,14-15H2,1-4H3,(H,21,23)(H,22,27). The molecule has 0 aromatic carbocycles. The molecule has 9 heteroatoms. The second-order valence-electron chi connectivity index (χ2n) is 7.24. The Hall–Kier alpha value is -2.13. The summed E-state index contributed by atoms with van der Waals surface area (Å²) in [6, 6.07) is 2.04. The maximum absolute atomic E-state index is 11.9. The summed E-state index contributed by atoms with van der Waals surface area (Å²) in [5.41, 5.74) is 1.03. The Labute approximate surface area is 173 Å². The van der Waals surface area contributed by atoms with Crippen LogP contribution in [-0.2, 0) is 16.1 Å². The summed E-state index contributed by atoms with van der Waals surface area (Å²) in [7, 11) is 3.41. The average molecular weight is 409 g/mol. The van der Waals surface area contributed by atoms with Gasteiger partial charge in [0.15, 0.2) is 11.7 Å². The minimum Gasteiger partial charge on any atom is -0.383 e. The van der Waals surface area contributed by atoms with Crippen molar-refractivity contribution in [1.82, 2.24) is 25.6 Å². The Morgan fingerprint density at radius 3 is 2.62 bits per heavy atom. The van der Waals surface area contributed by atoms with Gasteiger partial charge in [0.25, 0.3) is 0 Å². The molecule has 1 aromatic rings. The van der Waals surface area contributed by atoms with Crippen LogP contribution < -0.4 is 10.6 Å². The number of ether oxygens (including phenoxy) is 1. The Balaban J connectivity index is 1.75. The average Bonchev–Trinajstić information content (AvgIpc) is 3.19. The summed E-state index contributed by atoms with van der Waals surface area (Å²) < 4.78 is 10.4. The minimum absolute atomic E-state index is 0.0385. The van der Waals surface area contributed by atoms with Crippen molar-refractivity contribution < 1.29 is 14.1 Å². The molecule has 2 rings (SSSR count). The van der Waals surface area contributed by atoms with Crippen molar-refractivity contribution in [1.29, 1.82) is 0 Å². The van der Waals surface area contributed by atoms with E-state index in [1.165, 1.54) is 0 Å². The highest BCUT2D eigenvalue weighted by Crippen LogP contribution is 2.22. The Bertz CT molecular complexity index is 636. The van der Waals surface area contributed by atoms with Crippen molar-refractivity contribution in [2.75, 3.05) is 60.0 Å². The normalized spacial score (nSPS) is 15.8. The molecule has 1 saturated heterocycles. The summed E-state index contributed by atoms with van der Waals surface area (Å²) in [5, 5.41) is 10.4. The molecule has 1 aliphatic heterocycles. The van der Waals surface area contributed by atoms with Crippen LogP contribution in [0.2, 0.25) is 0 Å². The first-order valence-corrected chi connectivity index (χ1v) is 10.5. The van der Waals surface area contributed by atoms with Crippen molar-refractivity contribution in [2.24, 2.45) is 4.99 Å². The molecular weight excluding hydrogens is 372 g/mol. The first-order chi connectivity index (χ1) is 14.1. The maximum atomic E-state index is 11.9. The van der Waals surface area contributed by atoms with E-state index in [0.29, 0.717) is 32.2 Å². The third-order valence-electron chi connectivity index (χ3n) is 5.28. The van der Waals surface area contributed by atoms with E-state index in [2.05, 4.69) is 44.4 Å². The summed E-state index contributed by atoms with van der Waals surface area (Å²) in [6.07, 6.45) is 2.12. The van der Waals surface area contributed by atoms with Gasteiger partial charge in [-0.25, -0.2) is 0 Å². The number of methoxy groups -OCH3 is 1. The van der Waals surface area contributed by atoms with Crippen molar-refractivity contribution in [3.05, 3.63) is 17.5 Å². The van der Waals surface area contributed by atoms with Crippen LogP contribution in [-0.4, -0.2) is 86.9 Å². The fourth-order valence-corrected chi connectivity index (χ4v) is 3.48. The van der Waals surface area contributed by atoms with Gasteiger partial charge in [0.05, 0.1) is 25.4 Å². The van der Waals surface area contributed by atoms with E-state index >= 15 is 0 Å². The van der Waals surface area contributed by atoms with E-state index in [0.717, 1.165) is 56.4 Å². The molecule has 0 spiro atoms. The lowest BCUT2D eigenvalue weighted by atomic mass is 9.99. The van der Waals surface area contributed by atoms with Crippen molar-refractivity contribution in [2.45, 2.75) is 39.2 Å². The molecule has 0 atom stereocenters. The van der Waals surface area contributed by atoms with Crippen LogP contribution in [0.3, 0.4) is 0 Å². The van der Waals surface area contributed by atoms with Crippen LogP contribution in [0.25, 0.3) is 0 Å². The molecule has 9 nitrogen and oxygen atoms in total. The smallest absolute Gasteiger partial charge is 0.234 e. The number of aliphatic imine (C=N–C) groups is 1. The molecule has 0 aliphatic carbocycles. The number of carbonyl (C=O) groups is 1. The molecular formula is C20H36N6O3. The predicted molar refractivity (Wildman–Crippen MR) is 113 cm³/mol. The van der Waals surface area contributed by atoms with Crippen molar-refractivity contribution >= 4 is 11.9 Å². The predicted octanol–water partition coefficient (Wildman–Crippen LogP) is 1.03. The van der Waals surface area contributed by atoms with Gasteiger partial charge in [-0.3, -0.25) is 14.7 Å². The van der Waals surface area contributed by atoms with Crippen LogP contribution in [0.15, 0.2) is 15.6 Å². The van der Waals surface area contributed by atoms with E-state index in [-0.39, 0.29) is 5.91 Å². The van der Waals surface area contributed by atoms with Gasteiger partial charge in [-0.2, -0.15) is 0 Å². The van der Waals surface area contributed by atoms with E-state index in [1.807, 2.05) is 6.07 Å². The molecule has 2 heterocycles. The summed E-state index contributed by atoms with van der Waals surface area (Å²) in [5.74, 6) is 2.15. The third kappa shape index (κ3) is 7.32. The van der Waals surface area contributed by atoms with Gasteiger partial charge < -0.3 is 24.8 Å². The number of hydrogen-bond donors (Lipinski definition) is 2. The molecule has 29 heavy (non-hydrogen) atoms. The Kier molecular flexibility index (Phi) is 9.93. The second kappa shape index (κ2) is 12.4. The zero-order valence-corrected chi connectivity index (χ0v) is 18.2. The molecule has 0 unspecified atom stereocenters. The lowest BCUT2D eigenvalue weighted by Gasteiger charge is -2.36. The number of hydrogen-bond acceptors (Lipinski definition) is 6. The topological polar surface area (TPSA) is 95.2 Å². The molecule has 164 valence electrons. The monoisotopic (exact) mass is 408 g/mol. The van der Waals surface area contributed by atoms with Crippen LogP contribution >= 0.6 is 0 Å². The zero-order valence-electron chi connectivity index (χ0n) is 18.2. The summed E-state index contributed by atoms with van der Waals surface area (Å²) >= 11 is 0. The third-order valence-corrected chi connectivity index (χ3v) is 5.28. The molecule has 1 aromatic heterocycles. The highest BCUT2D eigenvalue weighted by atomic mass is 16.5. The number of aromatic nitrogens is 1. The van der Waals surface area contributed by atoms with Crippen LogP contribution in [0.5, 0.6) is 0 Å². The lowest BCUT2D eigenvalue weighted by molar-refractivity contribution is -0.122. The van der Waals surface area contributed by atoms with E-state index in [9.17, 15) is 4.79 Å². The minimum atomic E-state index is 0.0385. The fraction of sp³-hybridized carbons (Fsp3) is 0.750. The van der Waals surface area contributed by atoms with Crippen molar-refractivity contribution in [3.63, 3.8) is 0 Å². The fourth-order valence-electron chi connectivity index (χ4n) is 3.48. The number of carbonyl (C=O) groups excluding carboxylic acids is 1. The first-order valence-electron chi connectivity index (χ1n) is 10.5. The summed E-state index contributed by atoms with van der Waals surface area (Å²) in [6.45, 7) is 9.68. The number of nitrogens with one attached hydrogen (secondary N) is 2. The molecule has 1 aliphatic rings. The largest absolute Gasteiger partial charge is 0.383 e. The van der Waals surface area contributed by atoms with E-state index in [4.69, 9.17) is 9.26 Å². The molecule has 0 radical (unpaired) electrons. The van der Waals surface area contributed by atoms with Gasteiger partial charge in [0.1, 0.15) is 0 Å². The number of guanidine groups is 1. The second-order valence-corrected chi connectivity index (χ2v) is 7.24. The Morgan fingerprint density at radius 1 is 1.28 bits per heavy atom. The van der Waals surface area contributed by atoms with Gasteiger partial charge in [-0.15, -0.1) is 0 Å². The number of amides is 1. The SMILES string of the molecule is CCC(CC)c1cc(CNC(=NC)N2CCN(CC(=O)NCCOC)CC2)on1. The highest BCUT2D eigenvalue weighted by molar-refractivity contribution is 5.80. The van der Waals surface area contributed by atoms with Gasteiger partial charge >= 0.3 is 0 Å².